The van der Waals surface area contributed by atoms with Gasteiger partial charge in [0, 0.05) is 25.6 Å². The molecule has 264 valence electrons. The van der Waals surface area contributed by atoms with Gasteiger partial charge in [0.2, 0.25) is 0 Å². The number of aliphatic hydroxyl groups is 9. The van der Waals surface area contributed by atoms with Crippen LogP contribution in [0.15, 0.2) is 0 Å². The molecule has 0 spiro atoms. The molecule has 3 aliphatic rings. The Morgan fingerprint density at radius 3 is 2.09 bits per heavy atom. The fourth-order valence-corrected chi connectivity index (χ4v) is 5.69. The molecule has 3 fully saturated rings. The van der Waals surface area contributed by atoms with Gasteiger partial charge in [-0.25, -0.2) is 8.78 Å². The molecule has 3 rings (SSSR count). The van der Waals surface area contributed by atoms with Crippen LogP contribution in [0.1, 0.15) is 12.8 Å². The van der Waals surface area contributed by atoms with E-state index in [0.29, 0.717) is 0 Å². The van der Waals surface area contributed by atoms with Gasteiger partial charge in [-0.05, 0) is 12.3 Å². The van der Waals surface area contributed by atoms with Crippen LogP contribution >= 0.6 is 0 Å². The first kappa shape index (κ1) is 38.3. The number of carbonyl (C=O) groups excluding carboxylic acids is 1. The molecule has 0 aromatic carbocycles. The van der Waals surface area contributed by atoms with Crippen molar-refractivity contribution in [3.8, 4) is 0 Å². The maximum absolute atomic E-state index is 14.0. The lowest BCUT2D eigenvalue weighted by atomic mass is 9.76. The van der Waals surface area contributed by atoms with E-state index >= 15 is 0 Å². The molecule has 16 N–H and O–H groups in total. The molecule has 2 aliphatic heterocycles. The minimum atomic E-state index is -3.98. The lowest BCUT2D eigenvalue weighted by molar-refractivity contribution is -0.335. The molecule has 1 saturated carbocycles. The SMILES string of the molecule is NCC(F)(F)C(O)C(=O)C[C@@H]1C[C@H](N)C(O[C@H]2O[C@H](CNCCO)[C@@H](O)[C@H](O)[C@H]2O)[C@H](O)[C@H]1O[C@H]1O[C@H](CO)[C@@H](O)[C@H](N)[C@H]1O. The van der Waals surface area contributed by atoms with Crippen molar-refractivity contribution in [1.29, 1.82) is 0 Å². The number of halogens is 2. The monoisotopic (exact) mass is 664 g/mol. The van der Waals surface area contributed by atoms with Crippen LogP contribution in [0.2, 0.25) is 0 Å². The van der Waals surface area contributed by atoms with Gasteiger partial charge in [-0.2, -0.15) is 0 Å². The van der Waals surface area contributed by atoms with Crippen LogP contribution in [0, 0.1) is 5.92 Å². The molecule has 20 heteroatoms. The van der Waals surface area contributed by atoms with E-state index in [-0.39, 0.29) is 26.1 Å². The lowest BCUT2D eigenvalue weighted by Crippen LogP contribution is -2.67. The number of ketones is 1. The second kappa shape index (κ2) is 16.3. The molecule has 2 unspecified atom stereocenters. The fraction of sp³-hybridized carbons (Fsp3) is 0.960. The van der Waals surface area contributed by atoms with E-state index in [0.717, 1.165) is 0 Å². The maximum Gasteiger partial charge on any atom is 0.292 e. The minimum absolute atomic E-state index is 0.0919. The number of aliphatic hydroxyl groups excluding tert-OH is 9. The standard InChI is InChI=1S/C25H46F2N4O14/c26-25(27,7-28)22(41)10(34)4-8-3-9(29)21(45-24-18(39)17(38)15(36)11(42-24)5-31-1-2-32)19(40)20(8)44-23-16(37)13(30)14(35)12(6-33)43-23/h8-9,11-24,31-33,35-41H,1-7,28-30H2/t8-,9-,11+,12+,13-,14+,15+,16+,17-,18+,19+,20-,21?,22?,23+,24+/m0/s1. The summed E-state index contributed by atoms with van der Waals surface area (Å²) in [5.74, 6) is -6.57. The summed E-state index contributed by atoms with van der Waals surface area (Å²) in [6.07, 6.45) is -23.4. The fourth-order valence-electron chi connectivity index (χ4n) is 5.69. The van der Waals surface area contributed by atoms with Crippen LogP contribution in [0.4, 0.5) is 8.78 Å². The van der Waals surface area contributed by atoms with Gasteiger partial charge in [0.1, 0.15) is 54.9 Å². The summed E-state index contributed by atoms with van der Waals surface area (Å²) in [4.78, 5) is 12.7. The number of rotatable bonds is 14. The number of ether oxygens (including phenoxy) is 4. The van der Waals surface area contributed by atoms with Gasteiger partial charge in [-0.3, -0.25) is 4.79 Å². The molecule has 0 bridgehead atoms. The van der Waals surface area contributed by atoms with E-state index in [2.05, 4.69) is 5.32 Å². The van der Waals surface area contributed by atoms with Crippen molar-refractivity contribution in [2.24, 2.45) is 23.1 Å². The first-order chi connectivity index (χ1) is 21.1. The molecule has 2 saturated heterocycles. The number of nitrogens with two attached hydrogens (primary N) is 3. The van der Waals surface area contributed by atoms with Crippen molar-refractivity contribution in [3.63, 3.8) is 0 Å². The van der Waals surface area contributed by atoms with Gasteiger partial charge >= 0.3 is 0 Å². The highest BCUT2D eigenvalue weighted by atomic mass is 19.3. The van der Waals surface area contributed by atoms with Crippen LogP contribution in [0.3, 0.4) is 0 Å². The lowest BCUT2D eigenvalue weighted by Gasteiger charge is -2.49. The minimum Gasteiger partial charge on any atom is -0.395 e. The van der Waals surface area contributed by atoms with Crippen molar-refractivity contribution in [2.75, 3.05) is 32.8 Å². The zero-order chi connectivity index (χ0) is 33.8. The quantitative estimate of drug-likeness (QED) is 0.0767. The normalized spacial score (nSPS) is 43.6. The van der Waals surface area contributed by atoms with Crippen molar-refractivity contribution in [3.05, 3.63) is 0 Å². The highest BCUT2D eigenvalue weighted by molar-refractivity contribution is 5.84. The molecule has 0 amide bonds. The largest absolute Gasteiger partial charge is 0.395 e. The number of carbonyl (C=O) groups is 1. The van der Waals surface area contributed by atoms with Crippen molar-refractivity contribution < 1.29 is 78.5 Å². The van der Waals surface area contributed by atoms with E-state index in [4.69, 9.17) is 41.3 Å². The number of hydrogen-bond acceptors (Lipinski definition) is 18. The zero-order valence-electron chi connectivity index (χ0n) is 24.2. The molecule has 45 heavy (non-hydrogen) atoms. The molecule has 18 nitrogen and oxygen atoms in total. The Hall–Kier alpha value is -1.15. The molecule has 0 aromatic rings. The van der Waals surface area contributed by atoms with Crippen LogP contribution in [-0.2, 0) is 23.7 Å². The third-order valence-electron chi connectivity index (χ3n) is 8.40. The first-order valence-corrected chi connectivity index (χ1v) is 14.5. The Labute approximate surface area is 256 Å². The van der Waals surface area contributed by atoms with Gasteiger partial charge in [0.25, 0.3) is 5.92 Å². The third-order valence-corrected chi connectivity index (χ3v) is 8.40. The summed E-state index contributed by atoms with van der Waals surface area (Å²) in [5.41, 5.74) is 17.1. The van der Waals surface area contributed by atoms with Crippen molar-refractivity contribution >= 4 is 5.78 Å². The summed E-state index contributed by atoms with van der Waals surface area (Å²) < 4.78 is 50.6. The van der Waals surface area contributed by atoms with E-state index in [1.165, 1.54) is 0 Å². The van der Waals surface area contributed by atoms with Crippen LogP contribution in [0.5, 0.6) is 0 Å². The van der Waals surface area contributed by atoms with Gasteiger partial charge in [-0.1, -0.05) is 0 Å². The highest BCUT2D eigenvalue weighted by Gasteiger charge is 2.53. The number of alkyl halides is 2. The van der Waals surface area contributed by atoms with Crippen LogP contribution in [0.25, 0.3) is 0 Å². The Morgan fingerprint density at radius 2 is 1.49 bits per heavy atom. The molecule has 16 atom stereocenters. The molecule has 0 radical (unpaired) electrons. The van der Waals surface area contributed by atoms with Crippen LogP contribution in [-0.4, -0.2) is 182 Å². The number of nitrogens with one attached hydrogen (secondary N) is 1. The molecule has 2 heterocycles. The van der Waals surface area contributed by atoms with Crippen molar-refractivity contribution in [2.45, 2.75) is 111 Å². The molecule has 0 aromatic heterocycles. The van der Waals surface area contributed by atoms with E-state index in [1.54, 1.807) is 0 Å². The second-order valence-corrected chi connectivity index (χ2v) is 11.6. The van der Waals surface area contributed by atoms with E-state index in [1.807, 2.05) is 0 Å². The number of Topliss-reactive ketones (excluding diaryl/α,β-unsaturated/α-hetero) is 1. The Balaban J connectivity index is 1.87. The van der Waals surface area contributed by atoms with E-state index in [9.17, 15) is 54.4 Å². The molecular weight excluding hydrogens is 618 g/mol. The topological polar surface area (TPSA) is 326 Å². The van der Waals surface area contributed by atoms with Gasteiger partial charge in [-0.15, -0.1) is 0 Å². The summed E-state index contributed by atoms with van der Waals surface area (Å²) in [5, 5.41) is 94.8. The van der Waals surface area contributed by atoms with Crippen LogP contribution < -0.4 is 22.5 Å². The average molecular weight is 665 g/mol. The first-order valence-electron chi connectivity index (χ1n) is 14.5. The molecule has 1 aliphatic carbocycles. The number of hydrogen-bond donors (Lipinski definition) is 13. The Morgan fingerprint density at radius 1 is 0.889 bits per heavy atom. The van der Waals surface area contributed by atoms with E-state index < -0.39 is 129 Å². The van der Waals surface area contributed by atoms with Crippen molar-refractivity contribution in [1.82, 2.24) is 5.32 Å². The average Bonchev–Trinajstić information content (AvgIpc) is 3.01. The summed E-state index contributed by atoms with van der Waals surface area (Å²) in [6, 6.07) is -2.61. The van der Waals surface area contributed by atoms with Gasteiger partial charge in [0.15, 0.2) is 24.5 Å². The summed E-state index contributed by atoms with van der Waals surface area (Å²) >= 11 is 0. The zero-order valence-corrected chi connectivity index (χ0v) is 24.2. The van der Waals surface area contributed by atoms with Gasteiger partial charge < -0.3 is 87.4 Å². The third kappa shape index (κ3) is 8.66. The Kier molecular flexibility index (Phi) is 13.9. The Bertz CT molecular complexity index is 946. The smallest absolute Gasteiger partial charge is 0.292 e. The summed E-state index contributed by atoms with van der Waals surface area (Å²) in [7, 11) is 0. The maximum atomic E-state index is 14.0. The predicted molar refractivity (Wildman–Crippen MR) is 144 cm³/mol. The predicted octanol–water partition coefficient (Wildman–Crippen LogP) is -7.47. The van der Waals surface area contributed by atoms with Gasteiger partial charge in [0.05, 0.1) is 31.9 Å². The highest BCUT2D eigenvalue weighted by Crippen LogP contribution is 2.37. The molecular formula is C25H46F2N4O14. The second-order valence-electron chi connectivity index (χ2n) is 11.6. The summed E-state index contributed by atoms with van der Waals surface area (Å²) in [6.45, 7) is -2.32.